The Labute approximate surface area is 151 Å². The third-order valence-corrected chi connectivity index (χ3v) is 3.93. The fourth-order valence-electron chi connectivity index (χ4n) is 2.51. The van der Waals surface area contributed by atoms with E-state index in [2.05, 4.69) is 10.6 Å². The lowest BCUT2D eigenvalue weighted by molar-refractivity contribution is -0.121. The molecule has 0 aliphatic heterocycles. The number of hydrogen-bond acceptors (Lipinski definition) is 2. The molecule has 2 aromatic rings. The highest BCUT2D eigenvalue weighted by Gasteiger charge is 2.13. The van der Waals surface area contributed by atoms with Crippen molar-refractivity contribution in [2.45, 2.75) is 32.2 Å². The van der Waals surface area contributed by atoms with E-state index >= 15 is 0 Å². The largest absolute Gasteiger partial charge is 0.354 e. The van der Waals surface area contributed by atoms with E-state index in [4.69, 9.17) is 0 Å². The van der Waals surface area contributed by atoms with Gasteiger partial charge in [-0.1, -0.05) is 30.3 Å². The lowest BCUT2D eigenvalue weighted by Gasteiger charge is -2.14. The number of rotatable bonds is 8. The van der Waals surface area contributed by atoms with Crippen LogP contribution in [0.25, 0.3) is 0 Å². The maximum absolute atomic E-state index is 13.5. The van der Waals surface area contributed by atoms with E-state index in [0.717, 1.165) is 25.0 Å². The van der Waals surface area contributed by atoms with E-state index < -0.39 is 17.5 Å². The van der Waals surface area contributed by atoms with E-state index in [-0.39, 0.29) is 30.5 Å². The van der Waals surface area contributed by atoms with E-state index in [1.54, 1.807) is 0 Å². The zero-order chi connectivity index (χ0) is 18.9. The topological polar surface area (TPSA) is 58.2 Å². The summed E-state index contributed by atoms with van der Waals surface area (Å²) in [5, 5.41) is 5.33. The van der Waals surface area contributed by atoms with Crippen molar-refractivity contribution in [2.24, 2.45) is 0 Å². The summed E-state index contributed by atoms with van der Waals surface area (Å²) in [6.07, 6.45) is 1.76. The van der Waals surface area contributed by atoms with Crippen LogP contribution in [0.5, 0.6) is 0 Å². The van der Waals surface area contributed by atoms with Gasteiger partial charge in [0.05, 0.1) is 5.56 Å². The molecule has 26 heavy (non-hydrogen) atoms. The second-order valence-corrected chi connectivity index (χ2v) is 6.12. The zero-order valence-corrected chi connectivity index (χ0v) is 14.6. The van der Waals surface area contributed by atoms with Crippen LogP contribution < -0.4 is 10.6 Å². The number of benzene rings is 2. The van der Waals surface area contributed by atoms with Gasteiger partial charge in [0.15, 0.2) is 0 Å². The third-order valence-electron chi connectivity index (χ3n) is 3.93. The first-order chi connectivity index (χ1) is 12.5. The highest BCUT2D eigenvalue weighted by Crippen LogP contribution is 2.09. The Morgan fingerprint density at radius 2 is 1.81 bits per heavy atom. The van der Waals surface area contributed by atoms with Crippen molar-refractivity contribution in [2.75, 3.05) is 6.54 Å². The Bertz CT molecular complexity index is 751. The van der Waals surface area contributed by atoms with Gasteiger partial charge in [0.25, 0.3) is 5.91 Å². The minimum Gasteiger partial charge on any atom is -0.354 e. The van der Waals surface area contributed by atoms with Gasteiger partial charge in [0, 0.05) is 25.1 Å². The standard InChI is InChI=1S/C20H22F2N2O2/c1-14(7-8-15-5-3-2-4-6-15)24-19(25)11-12-23-20(26)17-10-9-16(21)13-18(17)22/h2-6,9-10,13-14H,7-8,11-12H2,1H3,(H,23,26)(H,24,25). The summed E-state index contributed by atoms with van der Waals surface area (Å²) in [6.45, 7) is 2.00. The summed E-state index contributed by atoms with van der Waals surface area (Å²) >= 11 is 0. The summed E-state index contributed by atoms with van der Waals surface area (Å²) in [4.78, 5) is 23.7. The molecule has 0 heterocycles. The Hall–Kier alpha value is -2.76. The van der Waals surface area contributed by atoms with Crippen molar-refractivity contribution in [1.82, 2.24) is 10.6 Å². The average molecular weight is 360 g/mol. The molecule has 0 spiro atoms. The lowest BCUT2D eigenvalue weighted by Crippen LogP contribution is -2.36. The molecule has 0 bridgehead atoms. The van der Waals surface area contributed by atoms with Crippen LogP contribution in [0.1, 0.15) is 35.7 Å². The molecule has 4 nitrogen and oxygen atoms in total. The van der Waals surface area contributed by atoms with Gasteiger partial charge in [-0.05, 0) is 37.5 Å². The van der Waals surface area contributed by atoms with Crippen LogP contribution in [0.2, 0.25) is 0 Å². The fraction of sp³-hybridized carbons (Fsp3) is 0.300. The molecule has 0 fully saturated rings. The van der Waals surface area contributed by atoms with Crippen LogP contribution in [0.4, 0.5) is 8.78 Å². The number of halogens is 2. The molecule has 0 saturated carbocycles. The van der Waals surface area contributed by atoms with Gasteiger partial charge in [0.2, 0.25) is 5.91 Å². The highest BCUT2D eigenvalue weighted by molar-refractivity contribution is 5.94. The number of nitrogens with one attached hydrogen (secondary N) is 2. The highest BCUT2D eigenvalue weighted by atomic mass is 19.1. The molecule has 138 valence electrons. The Kier molecular flexibility index (Phi) is 7.26. The van der Waals surface area contributed by atoms with Gasteiger partial charge in [-0.2, -0.15) is 0 Å². The smallest absolute Gasteiger partial charge is 0.254 e. The maximum atomic E-state index is 13.5. The summed E-state index contributed by atoms with van der Waals surface area (Å²) < 4.78 is 26.3. The monoisotopic (exact) mass is 360 g/mol. The van der Waals surface area contributed by atoms with Crippen LogP contribution in [0, 0.1) is 11.6 Å². The normalized spacial score (nSPS) is 11.7. The number of hydrogen-bond donors (Lipinski definition) is 2. The Morgan fingerprint density at radius 3 is 2.50 bits per heavy atom. The summed E-state index contributed by atoms with van der Waals surface area (Å²) in [6, 6.07) is 12.7. The molecule has 0 radical (unpaired) electrons. The van der Waals surface area contributed by atoms with Crippen LogP contribution in [0.15, 0.2) is 48.5 Å². The van der Waals surface area contributed by atoms with Crippen LogP contribution in [-0.4, -0.2) is 24.4 Å². The minimum absolute atomic E-state index is 0.00736. The molecular formula is C20H22F2N2O2. The van der Waals surface area contributed by atoms with Gasteiger partial charge in [-0.15, -0.1) is 0 Å². The first-order valence-corrected chi connectivity index (χ1v) is 8.52. The quantitative estimate of drug-likeness (QED) is 0.759. The van der Waals surface area contributed by atoms with Crippen LogP contribution >= 0.6 is 0 Å². The van der Waals surface area contributed by atoms with Gasteiger partial charge in [0.1, 0.15) is 11.6 Å². The molecule has 0 aromatic heterocycles. The number of aryl methyl sites for hydroxylation is 1. The lowest BCUT2D eigenvalue weighted by atomic mass is 10.1. The fourth-order valence-corrected chi connectivity index (χ4v) is 2.51. The van der Waals surface area contributed by atoms with Gasteiger partial charge >= 0.3 is 0 Å². The van der Waals surface area contributed by atoms with Crippen LogP contribution in [-0.2, 0) is 11.2 Å². The molecule has 2 N–H and O–H groups in total. The molecule has 1 atom stereocenters. The summed E-state index contributed by atoms with van der Waals surface area (Å²) in [5.74, 6) is -2.54. The Morgan fingerprint density at radius 1 is 1.08 bits per heavy atom. The number of carbonyl (C=O) groups is 2. The molecule has 2 rings (SSSR count). The Balaban J connectivity index is 1.68. The van der Waals surface area contributed by atoms with Crippen molar-refractivity contribution in [3.63, 3.8) is 0 Å². The van der Waals surface area contributed by atoms with E-state index in [9.17, 15) is 18.4 Å². The van der Waals surface area contributed by atoms with Crippen molar-refractivity contribution in [3.8, 4) is 0 Å². The molecular weight excluding hydrogens is 338 g/mol. The molecule has 0 saturated heterocycles. The molecule has 2 aromatic carbocycles. The van der Waals surface area contributed by atoms with Crippen molar-refractivity contribution >= 4 is 11.8 Å². The first kappa shape index (κ1) is 19.6. The van der Waals surface area contributed by atoms with Gasteiger partial charge in [-0.25, -0.2) is 8.78 Å². The van der Waals surface area contributed by atoms with E-state index in [1.165, 1.54) is 5.56 Å². The van der Waals surface area contributed by atoms with Gasteiger partial charge < -0.3 is 10.6 Å². The van der Waals surface area contributed by atoms with Crippen molar-refractivity contribution in [3.05, 3.63) is 71.3 Å². The molecule has 0 aliphatic carbocycles. The molecule has 0 aliphatic rings. The number of amides is 2. The second kappa shape index (κ2) is 9.65. The average Bonchev–Trinajstić information content (AvgIpc) is 2.60. The predicted octanol–water partition coefficient (Wildman–Crippen LogP) is 3.22. The van der Waals surface area contributed by atoms with Crippen molar-refractivity contribution in [1.29, 1.82) is 0 Å². The van der Waals surface area contributed by atoms with Crippen molar-refractivity contribution < 1.29 is 18.4 Å². The zero-order valence-electron chi connectivity index (χ0n) is 14.6. The minimum atomic E-state index is -0.929. The predicted molar refractivity (Wildman–Crippen MR) is 95.7 cm³/mol. The molecule has 6 heteroatoms. The van der Waals surface area contributed by atoms with Gasteiger partial charge in [-0.3, -0.25) is 9.59 Å². The first-order valence-electron chi connectivity index (χ1n) is 8.52. The summed E-state index contributed by atoms with van der Waals surface area (Å²) in [5.41, 5.74) is 0.963. The third kappa shape index (κ3) is 6.27. The molecule has 1 unspecified atom stereocenters. The van der Waals surface area contributed by atoms with E-state index in [1.807, 2.05) is 37.3 Å². The van der Waals surface area contributed by atoms with Crippen LogP contribution in [0.3, 0.4) is 0 Å². The number of carbonyl (C=O) groups excluding carboxylic acids is 2. The second-order valence-electron chi connectivity index (χ2n) is 6.12. The SMILES string of the molecule is CC(CCc1ccccc1)NC(=O)CCNC(=O)c1ccc(F)cc1F. The molecule has 2 amide bonds. The summed E-state index contributed by atoms with van der Waals surface area (Å²) in [7, 11) is 0. The maximum Gasteiger partial charge on any atom is 0.254 e. The van der Waals surface area contributed by atoms with E-state index in [0.29, 0.717) is 6.07 Å².